The van der Waals surface area contributed by atoms with Crippen molar-refractivity contribution in [3.05, 3.63) is 0 Å². The molecule has 0 aliphatic heterocycles. The van der Waals surface area contributed by atoms with E-state index in [0.717, 1.165) is 11.8 Å². The molecule has 0 aromatic rings. The molecule has 0 saturated carbocycles. The van der Waals surface area contributed by atoms with Gasteiger partial charge in [0.2, 0.25) is 0 Å². The number of aliphatic hydroxyl groups is 1. The van der Waals surface area contributed by atoms with E-state index in [1.807, 2.05) is 0 Å². The second-order valence-electron chi connectivity index (χ2n) is 4.30. The van der Waals surface area contributed by atoms with Crippen molar-refractivity contribution in [1.29, 1.82) is 0 Å². The summed E-state index contributed by atoms with van der Waals surface area (Å²) in [6.45, 7) is 0.369. The molecule has 2 heteroatoms. The molecule has 0 fully saturated rings. The Balaban J connectivity index is 2.81. The Hall–Kier alpha value is 0.440. The highest BCUT2D eigenvalue weighted by Crippen LogP contribution is 2.11. The van der Waals surface area contributed by atoms with E-state index in [2.05, 4.69) is 15.9 Å². The Morgan fingerprint density at radius 2 is 0.867 bits per heavy atom. The van der Waals surface area contributed by atoms with Crippen LogP contribution in [0.1, 0.15) is 70.6 Å². The Morgan fingerprint density at radius 3 is 1.20 bits per heavy atom. The second kappa shape index (κ2) is 14.4. The first kappa shape index (κ1) is 15.4. The molecule has 92 valence electrons. The third-order valence-electron chi connectivity index (χ3n) is 2.79. The van der Waals surface area contributed by atoms with Gasteiger partial charge in [-0.05, 0) is 12.8 Å². The van der Waals surface area contributed by atoms with E-state index in [9.17, 15) is 0 Å². The van der Waals surface area contributed by atoms with Crippen molar-refractivity contribution < 1.29 is 5.11 Å². The SMILES string of the molecule is OCCCCCCCCCCCCCBr. The van der Waals surface area contributed by atoms with Crippen LogP contribution in [0.15, 0.2) is 0 Å². The zero-order chi connectivity index (χ0) is 11.2. The van der Waals surface area contributed by atoms with Crippen molar-refractivity contribution >= 4 is 15.9 Å². The zero-order valence-electron chi connectivity index (χ0n) is 10.0. The molecule has 0 aliphatic carbocycles. The monoisotopic (exact) mass is 278 g/mol. The van der Waals surface area contributed by atoms with E-state index in [1.165, 1.54) is 64.2 Å². The number of alkyl halides is 1. The highest BCUT2D eigenvalue weighted by Gasteiger charge is 1.92. The van der Waals surface area contributed by atoms with Crippen molar-refractivity contribution in [2.24, 2.45) is 0 Å². The fraction of sp³-hybridized carbons (Fsp3) is 1.00. The number of unbranched alkanes of at least 4 members (excludes halogenated alkanes) is 10. The van der Waals surface area contributed by atoms with Crippen LogP contribution in [-0.2, 0) is 0 Å². The lowest BCUT2D eigenvalue weighted by atomic mass is 10.1. The summed E-state index contributed by atoms with van der Waals surface area (Å²) in [6, 6.07) is 0. The summed E-state index contributed by atoms with van der Waals surface area (Å²) in [5, 5.41) is 9.77. The maximum atomic E-state index is 8.61. The quantitative estimate of drug-likeness (QED) is 0.407. The Labute approximate surface area is 104 Å². The van der Waals surface area contributed by atoms with Crippen molar-refractivity contribution in [2.75, 3.05) is 11.9 Å². The highest BCUT2D eigenvalue weighted by molar-refractivity contribution is 9.09. The van der Waals surface area contributed by atoms with Crippen LogP contribution in [0.5, 0.6) is 0 Å². The molecule has 0 saturated heterocycles. The minimum absolute atomic E-state index is 0.369. The van der Waals surface area contributed by atoms with Gasteiger partial charge in [-0.15, -0.1) is 0 Å². The van der Waals surface area contributed by atoms with Crippen molar-refractivity contribution in [2.45, 2.75) is 70.6 Å². The number of rotatable bonds is 12. The number of hydrogen-bond donors (Lipinski definition) is 1. The fourth-order valence-electron chi connectivity index (χ4n) is 1.80. The smallest absolute Gasteiger partial charge is 0.0431 e. The molecule has 0 aromatic carbocycles. The molecule has 0 unspecified atom stereocenters. The predicted molar refractivity (Wildman–Crippen MR) is 71.7 cm³/mol. The van der Waals surface area contributed by atoms with Gasteiger partial charge in [0.1, 0.15) is 0 Å². The van der Waals surface area contributed by atoms with Gasteiger partial charge in [-0.3, -0.25) is 0 Å². The largest absolute Gasteiger partial charge is 0.396 e. The van der Waals surface area contributed by atoms with Gasteiger partial charge in [0, 0.05) is 11.9 Å². The molecular weight excluding hydrogens is 252 g/mol. The van der Waals surface area contributed by atoms with Gasteiger partial charge in [-0.25, -0.2) is 0 Å². The maximum Gasteiger partial charge on any atom is 0.0431 e. The Bertz CT molecular complexity index is 94.7. The third-order valence-corrected chi connectivity index (χ3v) is 3.35. The third kappa shape index (κ3) is 14.4. The molecule has 0 amide bonds. The van der Waals surface area contributed by atoms with E-state index in [1.54, 1.807) is 0 Å². The molecular formula is C13H27BrO. The predicted octanol–water partition coefficient (Wildman–Crippen LogP) is 4.66. The molecule has 1 N–H and O–H groups in total. The van der Waals surface area contributed by atoms with Crippen LogP contribution >= 0.6 is 15.9 Å². The van der Waals surface area contributed by atoms with Crippen LogP contribution < -0.4 is 0 Å². The van der Waals surface area contributed by atoms with Gasteiger partial charge in [0.25, 0.3) is 0 Å². The summed E-state index contributed by atoms with van der Waals surface area (Å²) >= 11 is 3.46. The molecule has 15 heavy (non-hydrogen) atoms. The maximum absolute atomic E-state index is 8.61. The lowest BCUT2D eigenvalue weighted by Crippen LogP contribution is -1.84. The van der Waals surface area contributed by atoms with Crippen LogP contribution in [0.3, 0.4) is 0 Å². The first-order valence-corrected chi connectivity index (χ1v) is 7.70. The highest BCUT2D eigenvalue weighted by atomic mass is 79.9. The Morgan fingerprint density at radius 1 is 0.533 bits per heavy atom. The van der Waals surface area contributed by atoms with Crippen LogP contribution in [0.4, 0.5) is 0 Å². The second-order valence-corrected chi connectivity index (χ2v) is 5.09. The molecule has 0 bridgehead atoms. The molecule has 0 spiro atoms. The van der Waals surface area contributed by atoms with Crippen LogP contribution in [0, 0.1) is 0 Å². The summed E-state index contributed by atoms with van der Waals surface area (Å²) in [6.07, 6.45) is 14.7. The van der Waals surface area contributed by atoms with Gasteiger partial charge >= 0.3 is 0 Å². The number of aliphatic hydroxyl groups excluding tert-OH is 1. The van der Waals surface area contributed by atoms with Crippen LogP contribution in [0.25, 0.3) is 0 Å². The first-order valence-electron chi connectivity index (χ1n) is 6.58. The van der Waals surface area contributed by atoms with Crippen LogP contribution in [-0.4, -0.2) is 17.0 Å². The molecule has 0 heterocycles. The number of hydrogen-bond acceptors (Lipinski definition) is 1. The minimum atomic E-state index is 0.369. The summed E-state index contributed by atoms with van der Waals surface area (Å²) in [5.41, 5.74) is 0. The molecule has 1 nitrogen and oxygen atoms in total. The van der Waals surface area contributed by atoms with Crippen molar-refractivity contribution in [3.63, 3.8) is 0 Å². The molecule has 0 aliphatic rings. The van der Waals surface area contributed by atoms with E-state index in [0.29, 0.717) is 6.61 Å². The fourth-order valence-corrected chi connectivity index (χ4v) is 2.19. The van der Waals surface area contributed by atoms with Gasteiger partial charge in [-0.1, -0.05) is 73.7 Å². The van der Waals surface area contributed by atoms with Crippen molar-refractivity contribution in [1.82, 2.24) is 0 Å². The zero-order valence-corrected chi connectivity index (χ0v) is 11.6. The minimum Gasteiger partial charge on any atom is -0.396 e. The van der Waals surface area contributed by atoms with Gasteiger partial charge < -0.3 is 5.11 Å². The van der Waals surface area contributed by atoms with Gasteiger partial charge in [-0.2, -0.15) is 0 Å². The molecule has 0 radical (unpaired) electrons. The molecule has 0 rings (SSSR count). The summed E-state index contributed by atoms with van der Waals surface area (Å²) in [7, 11) is 0. The average Bonchev–Trinajstić information content (AvgIpc) is 2.26. The van der Waals surface area contributed by atoms with E-state index < -0.39 is 0 Å². The normalized spacial score (nSPS) is 10.8. The summed E-state index contributed by atoms with van der Waals surface area (Å²) in [5.74, 6) is 0. The van der Waals surface area contributed by atoms with Crippen LogP contribution in [0.2, 0.25) is 0 Å². The average molecular weight is 279 g/mol. The molecule has 0 atom stereocenters. The van der Waals surface area contributed by atoms with E-state index >= 15 is 0 Å². The lowest BCUT2D eigenvalue weighted by Gasteiger charge is -2.01. The number of halogens is 1. The summed E-state index contributed by atoms with van der Waals surface area (Å²) in [4.78, 5) is 0. The topological polar surface area (TPSA) is 20.2 Å². The lowest BCUT2D eigenvalue weighted by molar-refractivity contribution is 0.282. The van der Waals surface area contributed by atoms with E-state index in [4.69, 9.17) is 5.11 Å². The standard InChI is InChI=1S/C13H27BrO/c14-12-10-8-6-4-2-1-3-5-7-9-11-13-15/h15H,1-13H2. The van der Waals surface area contributed by atoms with E-state index in [-0.39, 0.29) is 0 Å². The first-order chi connectivity index (χ1) is 7.41. The van der Waals surface area contributed by atoms with Gasteiger partial charge in [0.15, 0.2) is 0 Å². The Kier molecular flexibility index (Phi) is 14.9. The van der Waals surface area contributed by atoms with Gasteiger partial charge in [0.05, 0.1) is 0 Å². The summed E-state index contributed by atoms with van der Waals surface area (Å²) < 4.78 is 0. The molecule has 0 aromatic heterocycles. The van der Waals surface area contributed by atoms with Crippen molar-refractivity contribution in [3.8, 4) is 0 Å².